The molecule has 0 radical (unpaired) electrons. The van der Waals surface area contributed by atoms with Gasteiger partial charge < -0.3 is 5.11 Å². The number of hydrogen-bond acceptors (Lipinski definition) is 4. The molecular formula is C16H26O4S. The van der Waals surface area contributed by atoms with E-state index in [1.807, 2.05) is 6.92 Å². The lowest BCUT2D eigenvalue weighted by Gasteiger charge is -2.16. The molecule has 120 valence electrons. The summed E-state index contributed by atoms with van der Waals surface area (Å²) >= 11 is 0. The van der Waals surface area contributed by atoms with Crippen LogP contribution in [0.25, 0.3) is 0 Å². The topological polar surface area (TPSA) is 63.6 Å². The van der Waals surface area contributed by atoms with E-state index in [9.17, 15) is 13.5 Å². The molecule has 0 saturated heterocycles. The lowest BCUT2D eigenvalue weighted by atomic mass is 10.0. The average molecular weight is 314 g/mol. The third-order valence-corrected chi connectivity index (χ3v) is 4.56. The van der Waals surface area contributed by atoms with Crippen molar-refractivity contribution in [2.75, 3.05) is 6.61 Å². The zero-order valence-electron chi connectivity index (χ0n) is 13.1. The van der Waals surface area contributed by atoms with Gasteiger partial charge in [0.25, 0.3) is 10.1 Å². The van der Waals surface area contributed by atoms with Crippen LogP contribution in [-0.4, -0.2) is 25.7 Å². The van der Waals surface area contributed by atoms with Gasteiger partial charge in [-0.15, -0.1) is 0 Å². The van der Waals surface area contributed by atoms with E-state index in [1.165, 1.54) is 0 Å². The Kier molecular flexibility index (Phi) is 6.84. The predicted molar refractivity (Wildman–Crippen MR) is 83.7 cm³/mol. The normalized spacial score (nSPS) is 12.6. The first-order chi connectivity index (χ1) is 9.71. The van der Waals surface area contributed by atoms with Crippen molar-refractivity contribution in [1.29, 1.82) is 0 Å². The van der Waals surface area contributed by atoms with Gasteiger partial charge in [-0.1, -0.05) is 37.0 Å². The third kappa shape index (κ3) is 7.60. The van der Waals surface area contributed by atoms with Gasteiger partial charge in [0, 0.05) is 0 Å². The minimum absolute atomic E-state index is 0.204. The quantitative estimate of drug-likeness (QED) is 0.560. The van der Waals surface area contributed by atoms with E-state index < -0.39 is 15.7 Å². The van der Waals surface area contributed by atoms with Crippen molar-refractivity contribution < 1.29 is 17.7 Å². The molecule has 0 bridgehead atoms. The average Bonchev–Trinajstić information content (AvgIpc) is 2.36. The third-order valence-electron chi connectivity index (χ3n) is 3.23. The second-order valence-electron chi connectivity index (χ2n) is 6.07. The minimum atomic E-state index is -3.63. The van der Waals surface area contributed by atoms with Crippen molar-refractivity contribution in [3.63, 3.8) is 0 Å². The standard InChI is InChI=1S/C16H26O4S/c1-14-8-10-15(11-9-14)21(18,19)20-13-7-5-4-6-12-16(2,3)17/h8-11,17H,4-7,12-13H2,1-3H3. The zero-order valence-corrected chi connectivity index (χ0v) is 13.9. The van der Waals surface area contributed by atoms with Crippen LogP contribution in [0.4, 0.5) is 0 Å². The predicted octanol–water partition coefficient (Wildman–Crippen LogP) is 3.42. The Morgan fingerprint density at radius 1 is 1.05 bits per heavy atom. The highest BCUT2D eigenvalue weighted by atomic mass is 32.2. The summed E-state index contributed by atoms with van der Waals surface area (Å²) in [5, 5.41) is 9.57. The van der Waals surface area contributed by atoms with Gasteiger partial charge in [0.15, 0.2) is 0 Å². The van der Waals surface area contributed by atoms with Crippen molar-refractivity contribution in [3.8, 4) is 0 Å². The van der Waals surface area contributed by atoms with Gasteiger partial charge >= 0.3 is 0 Å². The molecule has 0 fully saturated rings. The maximum atomic E-state index is 11.9. The first-order valence-electron chi connectivity index (χ1n) is 7.39. The second-order valence-corrected chi connectivity index (χ2v) is 7.68. The molecule has 0 spiro atoms. The molecule has 0 unspecified atom stereocenters. The van der Waals surface area contributed by atoms with Crippen LogP contribution < -0.4 is 0 Å². The lowest BCUT2D eigenvalue weighted by molar-refractivity contribution is 0.0679. The highest BCUT2D eigenvalue weighted by Crippen LogP contribution is 2.16. The summed E-state index contributed by atoms with van der Waals surface area (Å²) in [5.74, 6) is 0. The van der Waals surface area contributed by atoms with Gasteiger partial charge in [-0.3, -0.25) is 4.18 Å². The van der Waals surface area contributed by atoms with Gasteiger partial charge in [0.2, 0.25) is 0 Å². The SMILES string of the molecule is Cc1ccc(S(=O)(=O)OCCCCCCC(C)(C)O)cc1. The number of rotatable bonds is 9. The van der Waals surface area contributed by atoms with Crippen molar-refractivity contribution in [3.05, 3.63) is 29.8 Å². The van der Waals surface area contributed by atoms with E-state index >= 15 is 0 Å². The first-order valence-corrected chi connectivity index (χ1v) is 8.80. The fourth-order valence-electron chi connectivity index (χ4n) is 1.95. The number of aliphatic hydroxyl groups is 1. The van der Waals surface area contributed by atoms with Crippen LogP contribution >= 0.6 is 0 Å². The number of unbranched alkanes of at least 4 members (excludes halogenated alkanes) is 3. The zero-order chi connectivity index (χ0) is 15.9. The molecule has 21 heavy (non-hydrogen) atoms. The van der Waals surface area contributed by atoms with E-state index in [4.69, 9.17) is 4.18 Å². The number of aryl methyl sites for hydroxylation is 1. The molecule has 1 N–H and O–H groups in total. The van der Waals surface area contributed by atoms with Crippen LogP contribution in [0.1, 0.15) is 51.5 Å². The number of benzene rings is 1. The molecule has 1 aromatic carbocycles. The van der Waals surface area contributed by atoms with Crippen molar-refractivity contribution in [1.82, 2.24) is 0 Å². The maximum Gasteiger partial charge on any atom is 0.296 e. The van der Waals surface area contributed by atoms with E-state index in [1.54, 1.807) is 38.1 Å². The van der Waals surface area contributed by atoms with Gasteiger partial charge in [-0.05, 0) is 45.7 Å². The molecule has 0 heterocycles. The van der Waals surface area contributed by atoms with Crippen molar-refractivity contribution >= 4 is 10.1 Å². The fourth-order valence-corrected chi connectivity index (χ4v) is 2.90. The van der Waals surface area contributed by atoms with Gasteiger partial charge in [-0.2, -0.15) is 8.42 Å². The largest absolute Gasteiger partial charge is 0.390 e. The minimum Gasteiger partial charge on any atom is -0.390 e. The molecule has 1 aromatic rings. The summed E-state index contributed by atoms with van der Waals surface area (Å²) in [6, 6.07) is 6.64. The summed E-state index contributed by atoms with van der Waals surface area (Å²) in [6.45, 7) is 5.71. The summed E-state index contributed by atoms with van der Waals surface area (Å²) in [6.07, 6.45) is 4.28. The van der Waals surface area contributed by atoms with E-state index in [0.29, 0.717) is 6.42 Å². The molecule has 0 atom stereocenters. The molecule has 5 heteroatoms. The van der Waals surface area contributed by atoms with Crippen molar-refractivity contribution in [2.24, 2.45) is 0 Å². The Morgan fingerprint density at radius 3 is 2.19 bits per heavy atom. The smallest absolute Gasteiger partial charge is 0.296 e. The monoisotopic (exact) mass is 314 g/mol. The van der Waals surface area contributed by atoms with Crippen LogP contribution in [0.5, 0.6) is 0 Å². The Labute approximate surface area is 128 Å². The van der Waals surface area contributed by atoms with Crippen LogP contribution in [0, 0.1) is 6.92 Å². The molecule has 1 rings (SSSR count). The molecule has 0 aliphatic rings. The Balaban J connectivity index is 2.24. The van der Waals surface area contributed by atoms with Gasteiger partial charge in [0.05, 0.1) is 17.1 Å². The fraction of sp³-hybridized carbons (Fsp3) is 0.625. The van der Waals surface area contributed by atoms with E-state index in [2.05, 4.69) is 0 Å². The number of hydrogen-bond donors (Lipinski definition) is 1. The van der Waals surface area contributed by atoms with Crippen LogP contribution in [-0.2, 0) is 14.3 Å². The highest BCUT2D eigenvalue weighted by molar-refractivity contribution is 7.86. The first kappa shape index (κ1) is 18.1. The van der Waals surface area contributed by atoms with E-state index in [-0.39, 0.29) is 11.5 Å². The molecule has 4 nitrogen and oxygen atoms in total. The summed E-state index contributed by atoms with van der Waals surface area (Å²) in [4.78, 5) is 0.204. The highest BCUT2D eigenvalue weighted by Gasteiger charge is 2.14. The Bertz CT molecular complexity index is 512. The Morgan fingerprint density at radius 2 is 1.62 bits per heavy atom. The van der Waals surface area contributed by atoms with Crippen LogP contribution in [0.3, 0.4) is 0 Å². The summed E-state index contributed by atoms with van der Waals surface area (Å²) in [5.41, 5.74) is 0.395. The van der Waals surface area contributed by atoms with Crippen LogP contribution in [0.2, 0.25) is 0 Å². The van der Waals surface area contributed by atoms with Crippen LogP contribution in [0.15, 0.2) is 29.2 Å². The molecule has 0 saturated carbocycles. The maximum absolute atomic E-state index is 11.9. The molecular weight excluding hydrogens is 288 g/mol. The molecule has 0 aliphatic heterocycles. The second kappa shape index (κ2) is 7.92. The Hall–Kier alpha value is -0.910. The molecule has 0 amide bonds. The van der Waals surface area contributed by atoms with Crippen molar-refractivity contribution in [2.45, 2.75) is 63.4 Å². The lowest BCUT2D eigenvalue weighted by Crippen LogP contribution is -2.17. The van der Waals surface area contributed by atoms with Gasteiger partial charge in [-0.25, -0.2) is 0 Å². The van der Waals surface area contributed by atoms with Gasteiger partial charge in [0.1, 0.15) is 0 Å². The summed E-state index contributed by atoms with van der Waals surface area (Å²) in [7, 11) is -3.63. The van der Waals surface area contributed by atoms with E-state index in [0.717, 1.165) is 31.2 Å². The molecule has 0 aromatic heterocycles. The molecule has 0 aliphatic carbocycles. The summed E-state index contributed by atoms with van der Waals surface area (Å²) < 4.78 is 28.8.